The molecule has 1 spiro atoms. The molecule has 0 bridgehead atoms. The van der Waals surface area contributed by atoms with Crippen molar-refractivity contribution < 1.29 is 24.3 Å². The number of Topliss-reactive ketones (excluding diaryl/α,β-unsaturated/α-hetero) is 1. The first-order chi connectivity index (χ1) is 9.42. The van der Waals surface area contributed by atoms with Gasteiger partial charge in [0.1, 0.15) is 11.8 Å². The lowest BCUT2D eigenvalue weighted by Gasteiger charge is -2.32. The highest BCUT2D eigenvalue weighted by molar-refractivity contribution is 6.26. The third-order valence-corrected chi connectivity index (χ3v) is 3.56. The molecule has 2 aliphatic rings. The van der Waals surface area contributed by atoms with Gasteiger partial charge in [0.15, 0.2) is 11.2 Å². The molecule has 1 amide bonds. The number of carbonyl (C=O) groups is 3. The molecular weight excluding hydrogens is 262 g/mol. The Morgan fingerprint density at radius 3 is 2.60 bits per heavy atom. The summed E-state index contributed by atoms with van der Waals surface area (Å²) in [7, 11) is 1.21. The summed E-state index contributed by atoms with van der Waals surface area (Å²) in [6.07, 6.45) is 2.97. The predicted octanol–water partition coefficient (Wildman–Crippen LogP) is 0.295. The fourth-order valence-electron chi connectivity index (χ4n) is 2.60. The maximum atomic E-state index is 12.5. The standard InChI is InChI=1S/C14H15NO5/c1-4-5-9-6-7-10(16)12(18)14(9)11(17)8(2)15(20-3)13(14)19/h5-7,12,18H,2,4H2,1,3H3/b9-5-/t12-,14?/m0/s1. The van der Waals surface area contributed by atoms with Gasteiger partial charge in [-0.3, -0.25) is 19.2 Å². The van der Waals surface area contributed by atoms with Crippen molar-refractivity contribution >= 4 is 17.5 Å². The summed E-state index contributed by atoms with van der Waals surface area (Å²) >= 11 is 0. The van der Waals surface area contributed by atoms with E-state index in [1.807, 2.05) is 6.92 Å². The van der Waals surface area contributed by atoms with E-state index in [-0.39, 0.29) is 5.70 Å². The quantitative estimate of drug-likeness (QED) is 0.579. The number of rotatable bonds is 2. The van der Waals surface area contributed by atoms with Crippen molar-refractivity contribution in [1.29, 1.82) is 0 Å². The molecule has 0 aromatic carbocycles. The number of amides is 1. The van der Waals surface area contributed by atoms with Crippen molar-refractivity contribution in [3.8, 4) is 0 Å². The lowest BCUT2D eigenvalue weighted by atomic mass is 9.68. The van der Waals surface area contributed by atoms with Crippen LogP contribution in [0.3, 0.4) is 0 Å². The highest BCUT2D eigenvalue weighted by Crippen LogP contribution is 2.46. The number of hydrogen-bond acceptors (Lipinski definition) is 5. The Bertz CT molecular complexity index is 574. The topological polar surface area (TPSA) is 83.9 Å². The minimum absolute atomic E-state index is 0.193. The van der Waals surface area contributed by atoms with Crippen molar-refractivity contribution in [2.75, 3.05) is 7.11 Å². The smallest absolute Gasteiger partial charge is 0.272 e. The van der Waals surface area contributed by atoms with Crippen molar-refractivity contribution in [2.24, 2.45) is 5.41 Å². The number of aliphatic hydroxyl groups is 1. The van der Waals surface area contributed by atoms with Gasteiger partial charge in [-0.05, 0) is 18.1 Å². The minimum atomic E-state index is -1.96. The van der Waals surface area contributed by atoms with Crippen LogP contribution in [-0.2, 0) is 19.2 Å². The van der Waals surface area contributed by atoms with Crippen LogP contribution < -0.4 is 0 Å². The second kappa shape index (κ2) is 4.81. The Hall–Kier alpha value is -2.05. The second-order valence-corrected chi connectivity index (χ2v) is 4.57. The lowest BCUT2D eigenvalue weighted by Crippen LogP contribution is -2.52. The third-order valence-electron chi connectivity index (χ3n) is 3.56. The minimum Gasteiger partial charge on any atom is -0.383 e. The van der Waals surface area contributed by atoms with Crippen LogP contribution >= 0.6 is 0 Å². The number of carbonyl (C=O) groups excluding carboxylic acids is 3. The van der Waals surface area contributed by atoms with Crippen LogP contribution in [0.15, 0.2) is 36.1 Å². The highest BCUT2D eigenvalue weighted by Gasteiger charge is 2.65. The Labute approximate surface area is 116 Å². The van der Waals surface area contributed by atoms with Gasteiger partial charge in [0.05, 0.1) is 7.11 Å². The molecule has 0 radical (unpaired) electrons. The summed E-state index contributed by atoms with van der Waals surface area (Å²) in [5, 5.41) is 10.9. The number of nitrogens with zero attached hydrogens (tertiary/aromatic N) is 1. The molecule has 1 N–H and O–H groups in total. The monoisotopic (exact) mass is 277 g/mol. The fourth-order valence-corrected chi connectivity index (χ4v) is 2.60. The molecule has 2 rings (SSSR count). The summed E-state index contributed by atoms with van der Waals surface area (Å²) < 4.78 is 0. The zero-order valence-corrected chi connectivity index (χ0v) is 11.3. The summed E-state index contributed by atoms with van der Waals surface area (Å²) in [5.74, 6) is -2.19. The lowest BCUT2D eigenvalue weighted by molar-refractivity contribution is -0.170. The SMILES string of the molecule is C=C1C(=O)C2(C(=O)N1OC)/C(=C\CC)C=CC(=O)[C@@H]2O. The molecule has 2 atom stereocenters. The van der Waals surface area contributed by atoms with Crippen molar-refractivity contribution in [3.63, 3.8) is 0 Å². The summed E-state index contributed by atoms with van der Waals surface area (Å²) in [6, 6.07) is 0. The van der Waals surface area contributed by atoms with E-state index >= 15 is 0 Å². The van der Waals surface area contributed by atoms with Crippen molar-refractivity contribution in [2.45, 2.75) is 19.4 Å². The van der Waals surface area contributed by atoms with Crippen molar-refractivity contribution in [3.05, 3.63) is 36.1 Å². The van der Waals surface area contributed by atoms with Gasteiger partial charge in [0.25, 0.3) is 5.91 Å². The number of hydrogen-bond donors (Lipinski definition) is 1. The van der Waals surface area contributed by atoms with Gasteiger partial charge >= 0.3 is 0 Å². The zero-order chi connectivity index (χ0) is 15.1. The van der Waals surface area contributed by atoms with Gasteiger partial charge < -0.3 is 5.11 Å². The number of allylic oxidation sites excluding steroid dienone is 3. The molecule has 6 heteroatoms. The summed E-state index contributed by atoms with van der Waals surface area (Å²) in [5.41, 5.74) is -1.86. The molecule has 0 aromatic rings. The Morgan fingerprint density at radius 1 is 1.45 bits per heavy atom. The number of hydroxylamine groups is 2. The van der Waals surface area contributed by atoms with Crippen LogP contribution in [-0.4, -0.2) is 40.9 Å². The van der Waals surface area contributed by atoms with Gasteiger partial charge in [-0.1, -0.05) is 25.7 Å². The predicted molar refractivity (Wildman–Crippen MR) is 69.0 cm³/mol. The first-order valence-electron chi connectivity index (χ1n) is 6.15. The van der Waals surface area contributed by atoms with Gasteiger partial charge in [-0.25, -0.2) is 0 Å². The van der Waals surface area contributed by atoms with E-state index in [2.05, 4.69) is 6.58 Å². The Kier molecular flexibility index (Phi) is 3.45. The van der Waals surface area contributed by atoms with Gasteiger partial charge in [-0.15, -0.1) is 0 Å². The average molecular weight is 277 g/mol. The Morgan fingerprint density at radius 2 is 2.10 bits per heavy atom. The first-order valence-corrected chi connectivity index (χ1v) is 6.15. The van der Waals surface area contributed by atoms with Crippen molar-refractivity contribution in [1.82, 2.24) is 5.06 Å². The molecule has 0 aromatic heterocycles. The van der Waals surface area contributed by atoms with Crippen LogP contribution in [0, 0.1) is 5.41 Å². The van der Waals surface area contributed by atoms with E-state index in [9.17, 15) is 19.5 Å². The molecule has 1 unspecified atom stereocenters. The molecule has 1 heterocycles. The number of ketones is 2. The van der Waals surface area contributed by atoms with E-state index in [0.717, 1.165) is 11.1 Å². The largest absolute Gasteiger partial charge is 0.383 e. The second-order valence-electron chi connectivity index (χ2n) is 4.57. The van der Waals surface area contributed by atoms with Crippen LogP contribution in [0.25, 0.3) is 0 Å². The first kappa shape index (κ1) is 14.4. The van der Waals surface area contributed by atoms with E-state index in [4.69, 9.17) is 4.84 Å². The summed E-state index contributed by atoms with van der Waals surface area (Å²) in [4.78, 5) is 41.6. The third kappa shape index (κ3) is 1.55. The fraction of sp³-hybridized carbons (Fsp3) is 0.357. The molecule has 0 saturated carbocycles. The van der Waals surface area contributed by atoms with Crippen LogP contribution in [0.5, 0.6) is 0 Å². The van der Waals surface area contributed by atoms with Gasteiger partial charge in [0.2, 0.25) is 5.78 Å². The van der Waals surface area contributed by atoms with Crippen LogP contribution in [0.4, 0.5) is 0 Å². The summed E-state index contributed by atoms with van der Waals surface area (Å²) in [6.45, 7) is 5.32. The van der Waals surface area contributed by atoms with Gasteiger partial charge in [0, 0.05) is 0 Å². The molecule has 20 heavy (non-hydrogen) atoms. The zero-order valence-electron chi connectivity index (χ0n) is 11.3. The van der Waals surface area contributed by atoms with Crippen LogP contribution in [0.1, 0.15) is 13.3 Å². The van der Waals surface area contributed by atoms with E-state index < -0.39 is 29.0 Å². The highest BCUT2D eigenvalue weighted by atomic mass is 16.7. The molecular formula is C14H15NO5. The maximum absolute atomic E-state index is 12.5. The Balaban J connectivity index is 2.72. The molecule has 106 valence electrons. The molecule has 6 nitrogen and oxygen atoms in total. The maximum Gasteiger partial charge on any atom is 0.272 e. The van der Waals surface area contributed by atoms with Gasteiger partial charge in [-0.2, -0.15) is 5.06 Å². The van der Waals surface area contributed by atoms with E-state index in [1.54, 1.807) is 6.08 Å². The normalized spacial score (nSPS) is 32.0. The molecule has 1 aliphatic carbocycles. The van der Waals surface area contributed by atoms with E-state index in [0.29, 0.717) is 12.0 Å². The van der Waals surface area contributed by atoms with Crippen LogP contribution in [0.2, 0.25) is 0 Å². The molecule has 1 fully saturated rings. The molecule has 1 aliphatic heterocycles. The van der Waals surface area contributed by atoms with E-state index in [1.165, 1.54) is 13.2 Å². The molecule has 1 saturated heterocycles. The number of aliphatic hydroxyl groups excluding tert-OH is 1. The average Bonchev–Trinajstić information content (AvgIpc) is 2.61.